The molecule has 1 unspecified atom stereocenters. The van der Waals surface area contributed by atoms with Gasteiger partial charge in [-0.2, -0.15) is 0 Å². The standard InChI is InChI=1S/C31H34N2O5/c1-4-32(5-2)17-18-33-28(23-11-14-25(34)15-12-23)27(30(36)31(33)37)29(35)24-13-16-26(21(3)19-24)38-20-22-9-7-6-8-10-22/h6-16,19,28,34-35H,4-5,17-18,20H2,1-3H3/b29-27+. The third kappa shape index (κ3) is 5.73. The molecule has 0 aromatic heterocycles. The average molecular weight is 515 g/mol. The number of Topliss-reactive ketones (excluding diaryl/α,β-unsaturated/α-hetero) is 1. The van der Waals surface area contributed by atoms with E-state index in [-0.39, 0.29) is 17.1 Å². The smallest absolute Gasteiger partial charge is 0.295 e. The molecule has 3 aromatic carbocycles. The molecule has 1 fully saturated rings. The van der Waals surface area contributed by atoms with Gasteiger partial charge < -0.3 is 24.7 Å². The van der Waals surface area contributed by atoms with Crippen LogP contribution in [0.5, 0.6) is 11.5 Å². The van der Waals surface area contributed by atoms with Crippen LogP contribution in [0.2, 0.25) is 0 Å². The molecule has 4 rings (SSSR count). The number of rotatable bonds is 10. The summed E-state index contributed by atoms with van der Waals surface area (Å²) in [6.07, 6.45) is 0. The first-order valence-electron chi connectivity index (χ1n) is 12.9. The zero-order valence-corrected chi connectivity index (χ0v) is 22.1. The highest BCUT2D eigenvalue weighted by Gasteiger charge is 2.46. The monoisotopic (exact) mass is 514 g/mol. The molecule has 38 heavy (non-hydrogen) atoms. The normalized spacial score (nSPS) is 16.8. The van der Waals surface area contributed by atoms with Crippen LogP contribution < -0.4 is 4.74 Å². The van der Waals surface area contributed by atoms with E-state index in [1.54, 1.807) is 30.3 Å². The van der Waals surface area contributed by atoms with Gasteiger partial charge in [-0.1, -0.05) is 56.3 Å². The first-order chi connectivity index (χ1) is 18.3. The Morgan fingerprint density at radius 1 is 0.974 bits per heavy atom. The van der Waals surface area contributed by atoms with E-state index in [9.17, 15) is 19.8 Å². The summed E-state index contributed by atoms with van der Waals surface area (Å²) < 4.78 is 5.96. The van der Waals surface area contributed by atoms with Crippen molar-refractivity contribution in [2.75, 3.05) is 26.2 Å². The van der Waals surface area contributed by atoms with Gasteiger partial charge in [-0.05, 0) is 67.0 Å². The third-order valence-corrected chi connectivity index (χ3v) is 6.99. The number of nitrogens with zero attached hydrogens (tertiary/aromatic N) is 2. The van der Waals surface area contributed by atoms with Crippen molar-refractivity contribution in [3.05, 3.63) is 101 Å². The molecule has 0 saturated carbocycles. The van der Waals surface area contributed by atoms with Crippen LogP contribution in [0.25, 0.3) is 5.76 Å². The number of aliphatic hydroxyl groups excluding tert-OH is 1. The van der Waals surface area contributed by atoms with Crippen LogP contribution in [0.4, 0.5) is 0 Å². The second-order valence-electron chi connectivity index (χ2n) is 9.37. The summed E-state index contributed by atoms with van der Waals surface area (Å²) in [5, 5.41) is 21.2. The average Bonchev–Trinajstić information content (AvgIpc) is 3.18. The fourth-order valence-corrected chi connectivity index (χ4v) is 4.75. The molecule has 0 aliphatic carbocycles. The fraction of sp³-hybridized carbons (Fsp3) is 0.290. The van der Waals surface area contributed by atoms with Crippen LogP contribution in [0.3, 0.4) is 0 Å². The van der Waals surface area contributed by atoms with Crippen LogP contribution in [0, 0.1) is 6.92 Å². The van der Waals surface area contributed by atoms with E-state index >= 15 is 0 Å². The van der Waals surface area contributed by atoms with Gasteiger partial charge in [0, 0.05) is 18.7 Å². The second-order valence-corrected chi connectivity index (χ2v) is 9.37. The molecule has 2 N–H and O–H groups in total. The summed E-state index contributed by atoms with van der Waals surface area (Å²) in [5.74, 6) is -0.848. The van der Waals surface area contributed by atoms with Crippen molar-refractivity contribution in [1.82, 2.24) is 9.80 Å². The molecule has 3 aromatic rings. The van der Waals surface area contributed by atoms with E-state index < -0.39 is 17.7 Å². The van der Waals surface area contributed by atoms with Gasteiger partial charge in [0.15, 0.2) is 0 Å². The summed E-state index contributed by atoms with van der Waals surface area (Å²) in [6, 6.07) is 20.7. The first kappa shape index (κ1) is 26.9. The molecule has 7 heteroatoms. The minimum absolute atomic E-state index is 0.0394. The van der Waals surface area contributed by atoms with Gasteiger partial charge >= 0.3 is 0 Å². The summed E-state index contributed by atoms with van der Waals surface area (Å²) >= 11 is 0. The van der Waals surface area contributed by atoms with Crippen molar-refractivity contribution in [3.8, 4) is 11.5 Å². The van der Waals surface area contributed by atoms with Crippen LogP contribution in [-0.4, -0.2) is 57.9 Å². The van der Waals surface area contributed by atoms with Gasteiger partial charge in [-0.25, -0.2) is 0 Å². The Morgan fingerprint density at radius 2 is 1.66 bits per heavy atom. The van der Waals surface area contributed by atoms with Crippen LogP contribution in [0.15, 0.2) is 78.4 Å². The van der Waals surface area contributed by atoms with Crippen LogP contribution in [-0.2, 0) is 16.2 Å². The zero-order chi connectivity index (χ0) is 27.2. The van der Waals surface area contributed by atoms with Crippen molar-refractivity contribution in [2.24, 2.45) is 0 Å². The molecule has 1 saturated heterocycles. The molecule has 0 bridgehead atoms. The van der Waals surface area contributed by atoms with Crippen molar-refractivity contribution >= 4 is 17.4 Å². The lowest BCUT2D eigenvalue weighted by molar-refractivity contribution is -0.140. The van der Waals surface area contributed by atoms with Crippen molar-refractivity contribution < 1.29 is 24.5 Å². The Bertz CT molecular complexity index is 1310. The Kier molecular flexibility index (Phi) is 8.48. The van der Waals surface area contributed by atoms with Gasteiger partial charge in [0.2, 0.25) is 0 Å². The van der Waals surface area contributed by atoms with E-state index in [0.29, 0.717) is 36.6 Å². The zero-order valence-electron chi connectivity index (χ0n) is 22.1. The number of benzene rings is 3. The number of phenols is 1. The molecule has 1 aliphatic rings. The molecule has 0 spiro atoms. The fourth-order valence-electron chi connectivity index (χ4n) is 4.75. The summed E-state index contributed by atoms with van der Waals surface area (Å²) in [6.45, 7) is 8.95. The maximum atomic E-state index is 13.3. The molecular weight excluding hydrogens is 480 g/mol. The number of hydrogen-bond donors (Lipinski definition) is 2. The highest BCUT2D eigenvalue weighted by molar-refractivity contribution is 6.46. The molecule has 1 amide bonds. The largest absolute Gasteiger partial charge is 0.508 e. The van der Waals surface area contributed by atoms with E-state index in [1.807, 2.05) is 51.1 Å². The predicted molar refractivity (Wildman–Crippen MR) is 147 cm³/mol. The van der Waals surface area contributed by atoms with Gasteiger partial charge in [0.1, 0.15) is 23.9 Å². The lowest BCUT2D eigenvalue weighted by Gasteiger charge is -2.28. The number of hydrogen-bond acceptors (Lipinski definition) is 6. The van der Waals surface area contributed by atoms with Gasteiger partial charge in [0.05, 0.1) is 11.6 Å². The van der Waals surface area contributed by atoms with Crippen molar-refractivity contribution in [1.29, 1.82) is 0 Å². The number of phenolic OH excluding ortho intramolecular Hbond substituents is 1. The Balaban J connectivity index is 1.68. The number of ether oxygens (including phenoxy) is 1. The topological polar surface area (TPSA) is 90.3 Å². The first-order valence-corrected chi connectivity index (χ1v) is 12.9. The Labute approximate surface area is 223 Å². The Morgan fingerprint density at radius 3 is 2.29 bits per heavy atom. The Hall–Kier alpha value is -4.10. The lowest BCUT2D eigenvalue weighted by atomic mass is 9.94. The van der Waals surface area contributed by atoms with Gasteiger partial charge in [-0.3, -0.25) is 9.59 Å². The SMILES string of the molecule is CCN(CC)CCN1C(=O)C(=O)/C(=C(/O)c2ccc(OCc3ccccc3)c(C)c2)C1c1ccc(O)cc1. The number of amides is 1. The molecule has 7 nitrogen and oxygen atoms in total. The molecule has 1 aliphatic heterocycles. The number of likely N-dealkylation sites (tertiary alicyclic amines) is 1. The predicted octanol–water partition coefficient (Wildman–Crippen LogP) is 5.04. The van der Waals surface area contributed by atoms with E-state index in [0.717, 1.165) is 24.2 Å². The van der Waals surface area contributed by atoms with Gasteiger partial charge in [-0.15, -0.1) is 0 Å². The number of aryl methyl sites for hydroxylation is 1. The molecule has 1 heterocycles. The number of aromatic hydroxyl groups is 1. The highest BCUT2D eigenvalue weighted by atomic mass is 16.5. The summed E-state index contributed by atoms with van der Waals surface area (Å²) in [7, 11) is 0. The van der Waals surface area contributed by atoms with E-state index in [2.05, 4.69) is 4.90 Å². The van der Waals surface area contributed by atoms with Crippen molar-refractivity contribution in [3.63, 3.8) is 0 Å². The molecule has 1 atom stereocenters. The van der Waals surface area contributed by atoms with E-state index in [1.165, 1.54) is 17.0 Å². The summed E-state index contributed by atoms with van der Waals surface area (Å²) in [4.78, 5) is 30.1. The third-order valence-electron chi connectivity index (χ3n) is 6.99. The maximum Gasteiger partial charge on any atom is 0.295 e. The number of aliphatic hydroxyl groups is 1. The van der Waals surface area contributed by atoms with Crippen LogP contribution >= 0.6 is 0 Å². The minimum Gasteiger partial charge on any atom is -0.508 e. The second kappa shape index (κ2) is 12.0. The molecule has 0 radical (unpaired) electrons. The number of likely N-dealkylation sites (N-methyl/N-ethyl adjacent to an activating group) is 1. The maximum absolute atomic E-state index is 13.3. The molecule has 198 valence electrons. The minimum atomic E-state index is -0.763. The van der Waals surface area contributed by atoms with Gasteiger partial charge in [0.25, 0.3) is 11.7 Å². The number of carbonyl (C=O) groups excluding carboxylic acids is 2. The molecular formula is C31H34N2O5. The lowest BCUT2D eigenvalue weighted by Crippen LogP contribution is -2.38. The number of ketones is 1. The number of carbonyl (C=O) groups is 2. The van der Waals surface area contributed by atoms with E-state index in [4.69, 9.17) is 4.74 Å². The quantitative estimate of drug-likeness (QED) is 0.224. The van der Waals surface area contributed by atoms with Crippen LogP contribution in [0.1, 0.15) is 42.1 Å². The summed E-state index contributed by atoms with van der Waals surface area (Å²) in [5.41, 5.74) is 2.94. The highest BCUT2D eigenvalue weighted by Crippen LogP contribution is 2.40. The van der Waals surface area contributed by atoms with Crippen molar-refractivity contribution in [2.45, 2.75) is 33.4 Å².